The first-order chi connectivity index (χ1) is 18.9. The lowest BCUT2D eigenvalue weighted by atomic mass is 10.2. The molecular formula is C29H22N6O4. The van der Waals surface area contributed by atoms with Crippen LogP contribution in [0.15, 0.2) is 104 Å². The van der Waals surface area contributed by atoms with Crippen molar-refractivity contribution in [2.45, 2.75) is 0 Å². The minimum atomic E-state index is -0.578. The van der Waals surface area contributed by atoms with Gasteiger partial charge in [0, 0.05) is 12.1 Å². The van der Waals surface area contributed by atoms with Crippen molar-refractivity contribution < 1.29 is 19.7 Å². The van der Waals surface area contributed by atoms with Crippen molar-refractivity contribution in [3.63, 3.8) is 0 Å². The van der Waals surface area contributed by atoms with Gasteiger partial charge < -0.3 is 14.9 Å². The summed E-state index contributed by atoms with van der Waals surface area (Å²) in [5, 5.41) is 37.0. The first kappa shape index (κ1) is 24.9. The van der Waals surface area contributed by atoms with E-state index in [0.29, 0.717) is 22.4 Å². The molecule has 10 heteroatoms. The summed E-state index contributed by atoms with van der Waals surface area (Å²) in [5.74, 6) is -0.186. The van der Waals surface area contributed by atoms with Gasteiger partial charge in [-0.15, -0.1) is 30.0 Å². The standard InChI is InChI=1S/C15H11N3O3.C14H11N3O/c1-2-15(20)21-10-7-8-14(19)13(9-10)18-16-11-5-3-4-6-12(11)17-18;1-2-10-7-8-14(18)13(9-10)17-15-11-5-3-4-6-12(11)16-17/h2-9,19H,1H2;2-9,18H,1H2. The van der Waals surface area contributed by atoms with Gasteiger partial charge >= 0.3 is 5.97 Å². The molecule has 2 aromatic heterocycles. The number of fused-ring (bicyclic) bond motifs is 2. The first-order valence-corrected chi connectivity index (χ1v) is 11.7. The summed E-state index contributed by atoms with van der Waals surface area (Å²) in [6, 6.07) is 24.5. The molecule has 0 saturated carbocycles. The van der Waals surface area contributed by atoms with Gasteiger partial charge in [-0.2, -0.15) is 0 Å². The maximum atomic E-state index is 11.2. The van der Waals surface area contributed by atoms with Crippen molar-refractivity contribution in [2.24, 2.45) is 0 Å². The topological polar surface area (TPSA) is 128 Å². The Kier molecular flexibility index (Phi) is 6.83. The zero-order valence-corrected chi connectivity index (χ0v) is 20.5. The lowest BCUT2D eigenvalue weighted by molar-refractivity contribution is -0.128. The number of aromatic hydroxyl groups is 2. The minimum absolute atomic E-state index is 0.0197. The van der Waals surface area contributed by atoms with Crippen molar-refractivity contribution in [3.05, 3.63) is 110 Å². The van der Waals surface area contributed by atoms with Crippen molar-refractivity contribution in [3.8, 4) is 28.6 Å². The van der Waals surface area contributed by atoms with Crippen LogP contribution in [0.1, 0.15) is 5.56 Å². The Morgan fingerprint density at radius 2 is 1.15 bits per heavy atom. The van der Waals surface area contributed by atoms with Crippen LogP contribution in [-0.2, 0) is 4.79 Å². The summed E-state index contributed by atoms with van der Waals surface area (Å²) in [7, 11) is 0. The van der Waals surface area contributed by atoms with Gasteiger partial charge in [0.15, 0.2) is 0 Å². The van der Waals surface area contributed by atoms with Crippen LogP contribution < -0.4 is 4.74 Å². The molecule has 4 aromatic carbocycles. The van der Waals surface area contributed by atoms with E-state index in [2.05, 4.69) is 33.6 Å². The highest BCUT2D eigenvalue weighted by atomic mass is 16.5. The van der Waals surface area contributed by atoms with E-state index >= 15 is 0 Å². The van der Waals surface area contributed by atoms with E-state index in [0.717, 1.165) is 22.7 Å². The second-order valence-corrected chi connectivity index (χ2v) is 8.18. The molecule has 2 heterocycles. The molecule has 0 bridgehead atoms. The van der Waals surface area contributed by atoms with Crippen molar-refractivity contribution in [2.75, 3.05) is 0 Å². The van der Waals surface area contributed by atoms with Crippen LogP contribution in [0.2, 0.25) is 0 Å². The van der Waals surface area contributed by atoms with Gasteiger partial charge in [-0.1, -0.05) is 49.6 Å². The molecule has 6 aromatic rings. The zero-order valence-electron chi connectivity index (χ0n) is 20.5. The van der Waals surface area contributed by atoms with E-state index in [9.17, 15) is 15.0 Å². The van der Waals surface area contributed by atoms with Crippen LogP contribution in [0, 0.1) is 0 Å². The Hall–Kier alpha value is -5.77. The Morgan fingerprint density at radius 3 is 1.62 bits per heavy atom. The third-order valence-corrected chi connectivity index (χ3v) is 5.57. The summed E-state index contributed by atoms with van der Waals surface area (Å²) >= 11 is 0. The molecule has 0 unspecified atom stereocenters. The van der Waals surface area contributed by atoms with Gasteiger partial charge in [0.1, 0.15) is 50.7 Å². The van der Waals surface area contributed by atoms with Gasteiger partial charge in [-0.25, -0.2) is 4.79 Å². The summed E-state index contributed by atoms with van der Waals surface area (Å²) < 4.78 is 5.02. The minimum Gasteiger partial charge on any atom is -0.506 e. The Balaban J connectivity index is 0.000000160. The number of carbonyl (C=O) groups is 1. The lowest BCUT2D eigenvalue weighted by Crippen LogP contribution is -2.05. The average molecular weight is 519 g/mol. The number of aromatic nitrogens is 6. The van der Waals surface area contributed by atoms with Gasteiger partial charge in [-0.3, -0.25) is 0 Å². The Bertz CT molecular complexity index is 1770. The molecule has 0 amide bonds. The first-order valence-electron chi connectivity index (χ1n) is 11.7. The highest BCUT2D eigenvalue weighted by Gasteiger charge is 2.11. The second-order valence-electron chi connectivity index (χ2n) is 8.18. The number of hydrogen-bond acceptors (Lipinski definition) is 8. The van der Waals surface area contributed by atoms with Gasteiger partial charge in [0.05, 0.1) is 0 Å². The van der Waals surface area contributed by atoms with E-state index < -0.39 is 5.97 Å². The third-order valence-electron chi connectivity index (χ3n) is 5.57. The molecule has 0 radical (unpaired) electrons. The molecule has 2 N–H and O–H groups in total. The molecular weight excluding hydrogens is 496 g/mol. The molecule has 192 valence electrons. The fraction of sp³-hybridized carbons (Fsp3) is 0. The SMILES string of the molecule is C=CC(=O)Oc1ccc(O)c(-n2nc3ccccc3n2)c1.C=Cc1ccc(O)c(-n2nc3ccccc3n2)c1. The largest absolute Gasteiger partial charge is 0.506 e. The molecule has 39 heavy (non-hydrogen) atoms. The molecule has 0 spiro atoms. The molecule has 0 fully saturated rings. The van der Waals surface area contributed by atoms with E-state index in [1.165, 1.54) is 27.8 Å². The quantitative estimate of drug-likeness (QED) is 0.186. The second kappa shape index (κ2) is 10.7. The van der Waals surface area contributed by atoms with Crippen LogP contribution >= 0.6 is 0 Å². The van der Waals surface area contributed by atoms with Crippen molar-refractivity contribution in [1.82, 2.24) is 30.0 Å². The van der Waals surface area contributed by atoms with Crippen LogP contribution in [0.5, 0.6) is 17.2 Å². The third kappa shape index (κ3) is 5.35. The predicted molar refractivity (Wildman–Crippen MR) is 147 cm³/mol. The Labute approximate surface area is 222 Å². The number of phenolic OH excluding ortho intramolecular Hbond substituents is 2. The van der Waals surface area contributed by atoms with E-state index in [1.807, 2.05) is 48.5 Å². The average Bonchev–Trinajstić information content (AvgIpc) is 3.59. The summed E-state index contributed by atoms with van der Waals surface area (Å²) in [6.07, 6.45) is 2.78. The number of phenols is 2. The van der Waals surface area contributed by atoms with Crippen LogP contribution in [0.25, 0.3) is 39.5 Å². The fourth-order valence-electron chi connectivity index (χ4n) is 3.65. The maximum absolute atomic E-state index is 11.2. The zero-order chi connectivity index (χ0) is 27.4. The van der Waals surface area contributed by atoms with E-state index in [1.54, 1.807) is 24.3 Å². The van der Waals surface area contributed by atoms with E-state index in [-0.39, 0.29) is 17.2 Å². The maximum Gasteiger partial charge on any atom is 0.335 e. The molecule has 0 aliphatic rings. The lowest BCUT2D eigenvalue weighted by Gasteiger charge is -2.06. The predicted octanol–water partition coefficient (Wildman–Crippen LogP) is 4.99. The monoisotopic (exact) mass is 518 g/mol. The number of nitrogens with zero attached hydrogens (tertiary/aromatic N) is 6. The molecule has 0 saturated heterocycles. The Morgan fingerprint density at radius 1 is 0.692 bits per heavy atom. The van der Waals surface area contributed by atoms with Crippen LogP contribution in [0.4, 0.5) is 0 Å². The highest BCUT2D eigenvalue weighted by molar-refractivity contribution is 5.83. The molecule has 0 aliphatic heterocycles. The number of ether oxygens (including phenoxy) is 1. The number of rotatable bonds is 5. The van der Waals surface area contributed by atoms with E-state index in [4.69, 9.17) is 4.74 Å². The number of esters is 1. The number of hydrogen-bond donors (Lipinski definition) is 2. The van der Waals surface area contributed by atoms with Crippen LogP contribution in [-0.4, -0.2) is 46.2 Å². The highest BCUT2D eigenvalue weighted by Crippen LogP contribution is 2.27. The van der Waals surface area contributed by atoms with Gasteiger partial charge in [-0.05, 0) is 54.1 Å². The van der Waals surface area contributed by atoms with Gasteiger partial charge in [0.2, 0.25) is 0 Å². The van der Waals surface area contributed by atoms with Crippen LogP contribution in [0.3, 0.4) is 0 Å². The summed E-state index contributed by atoms with van der Waals surface area (Å²) in [5.41, 5.74) is 4.76. The van der Waals surface area contributed by atoms with Gasteiger partial charge in [0.25, 0.3) is 0 Å². The normalized spacial score (nSPS) is 10.6. The molecule has 0 aliphatic carbocycles. The van der Waals surface area contributed by atoms with Crippen molar-refractivity contribution in [1.29, 1.82) is 0 Å². The van der Waals surface area contributed by atoms with Crippen molar-refractivity contribution >= 4 is 34.1 Å². The molecule has 6 rings (SSSR count). The number of benzene rings is 4. The smallest absolute Gasteiger partial charge is 0.335 e. The molecule has 10 nitrogen and oxygen atoms in total. The molecule has 0 atom stereocenters. The summed E-state index contributed by atoms with van der Waals surface area (Å²) in [6.45, 7) is 7.04. The fourth-order valence-corrected chi connectivity index (χ4v) is 3.65. The number of carbonyl (C=O) groups excluding carboxylic acids is 1. The summed E-state index contributed by atoms with van der Waals surface area (Å²) in [4.78, 5) is 13.9.